The molecule has 4 unspecified atom stereocenters. The first-order valence-corrected chi connectivity index (χ1v) is 11.5. The first-order chi connectivity index (χ1) is 14.8. The molecule has 0 radical (unpaired) electrons. The van der Waals surface area contributed by atoms with Gasteiger partial charge >= 0.3 is 6.18 Å². The average molecular weight is 464 g/mol. The topological polar surface area (TPSA) is 35.1 Å². The highest BCUT2D eigenvalue weighted by Crippen LogP contribution is 2.53. The van der Waals surface area contributed by atoms with Gasteiger partial charge in [-0.3, -0.25) is 5.32 Å². The van der Waals surface area contributed by atoms with E-state index in [1.165, 1.54) is 24.3 Å². The van der Waals surface area contributed by atoms with Gasteiger partial charge in [-0.1, -0.05) is 72.3 Å². The van der Waals surface area contributed by atoms with Gasteiger partial charge in [0.1, 0.15) is 0 Å². The van der Waals surface area contributed by atoms with Gasteiger partial charge in [0.2, 0.25) is 0 Å². The van der Waals surface area contributed by atoms with Crippen LogP contribution in [0.3, 0.4) is 0 Å². The fourth-order valence-electron chi connectivity index (χ4n) is 4.32. The summed E-state index contributed by atoms with van der Waals surface area (Å²) in [5, 5.41) is 2.12. The van der Waals surface area contributed by atoms with Crippen molar-refractivity contribution in [1.82, 2.24) is 5.32 Å². The summed E-state index contributed by atoms with van der Waals surface area (Å²) < 4.78 is 58.0. The van der Waals surface area contributed by atoms with E-state index in [2.05, 4.69) is 5.32 Å². The number of benzene rings is 3. The molecule has 0 saturated carbocycles. The van der Waals surface area contributed by atoms with Crippen LogP contribution < -0.4 is 5.32 Å². The normalized spacial score (nSPS) is 24.8. The zero-order valence-corrected chi connectivity index (χ0v) is 18.1. The van der Waals surface area contributed by atoms with Crippen molar-refractivity contribution >= 4 is 22.8 Å². The van der Waals surface area contributed by atoms with Crippen LogP contribution in [0.4, 0.5) is 13.2 Å². The molecule has 1 saturated heterocycles. The third-order valence-electron chi connectivity index (χ3n) is 5.78. The van der Waals surface area contributed by atoms with Crippen molar-refractivity contribution in [3.8, 4) is 0 Å². The Morgan fingerprint density at radius 3 is 2.10 bits per heavy atom. The van der Waals surface area contributed by atoms with Crippen LogP contribution >= 0.6 is 11.6 Å². The second-order valence-electron chi connectivity index (χ2n) is 7.72. The Balaban J connectivity index is 1.80. The fourth-order valence-corrected chi connectivity index (χ4v) is 6.19. The van der Waals surface area contributed by atoms with Gasteiger partial charge in [-0.25, -0.2) is 0 Å². The summed E-state index contributed by atoms with van der Waals surface area (Å²) in [6, 6.07) is 22.9. The smallest absolute Gasteiger partial charge is 0.404 e. The van der Waals surface area contributed by atoms with E-state index >= 15 is 0 Å². The van der Waals surface area contributed by atoms with Crippen molar-refractivity contribution in [2.45, 2.75) is 40.7 Å². The Morgan fingerprint density at radius 1 is 0.935 bits per heavy atom. The summed E-state index contributed by atoms with van der Waals surface area (Å²) in [6.07, 6.45) is -4.42. The highest BCUT2D eigenvalue weighted by atomic mass is 35.5. The fraction of sp³-hybridized carbons (Fsp3) is 0.250. The summed E-state index contributed by atoms with van der Waals surface area (Å²) in [4.78, 5) is 0.364. The molecule has 4 rings (SSSR count). The molecule has 162 valence electrons. The highest BCUT2D eigenvalue weighted by Gasteiger charge is 2.69. The lowest BCUT2D eigenvalue weighted by Gasteiger charge is -2.37. The van der Waals surface area contributed by atoms with Gasteiger partial charge in [-0.15, -0.1) is 0 Å². The Morgan fingerprint density at radius 2 is 1.52 bits per heavy atom. The van der Waals surface area contributed by atoms with Gasteiger partial charge in [0.05, 0.1) is 0 Å². The molecule has 7 heteroatoms. The van der Waals surface area contributed by atoms with Crippen molar-refractivity contribution < 1.29 is 17.7 Å². The molecule has 0 spiro atoms. The first-order valence-electron chi connectivity index (χ1n) is 9.89. The molecule has 0 aromatic heterocycles. The summed E-state index contributed by atoms with van der Waals surface area (Å²) in [5.41, 5.74) is -1.31. The van der Waals surface area contributed by atoms with E-state index in [4.69, 9.17) is 11.6 Å². The van der Waals surface area contributed by atoms with Crippen LogP contribution in [0.15, 0.2) is 89.8 Å². The molecule has 3 aromatic rings. The Bertz CT molecular complexity index is 1000. The maximum atomic E-state index is 14.8. The quantitative estimate of drug-likeness (QED) is 0.479. The molecule has 31 heavy (non-hydrogen) atoms. The maximum absolute atomic E-state index is 14.8. The van der Waals surface area contributed by atoms with Crippen LogP contribution in [0.1, 0.15) is 17.5 Å². The molecule has 0 bridgehead atoms. The van der Waals surface area contributed by atoms with Gasteiger partial charge in [0, 0.05) is 22.2 Å². The van der Waals surface area contributed by atoms with Crippen LogP contribution in [-0.2, 0) is 23.0 Å². The van der Waals surface area contributed by atoms with E-state index in [1.807, 2.05) is 30.3 Å². The lowest BCUT2D eigenvalue weighted by Crippen LogP contribution is -2.54. The molecule has 1 aliphatic heterocycles. The second-order valence-corrected chi connectivity index (χ2v) is 9.70. The summed E-state index contributed by atoms with van der Waals surface area (Å²) in [7, 11) is 0. The second kappa shape index (κ2) is 8.87. The van der Waals surface area contributed by atoms with Crippen molar-refractivity contribution in [1.29, 1.82) is 0 Å². The molecule has 1 heterocycles. The van der Waals surface area contributed by atoms with Crippen LogP contribution in [-0.4, -0.2) is 22.1 Å². The lowest BCUT2D eigenvalue weighted by atomic mass is 9.77. The van der Waals surface area contributed by atoms with E-state index in [0.29, 0.717) is 16.3 Å². The van der Waals surface area contributed by atoms with Gasteiger partial charge < -0.3 is 4.55 Å². The van der Waals surface area contributed by atoms with Gasteiger partial charge in [-0.05, 0) is 48.2 Å². The van der Waals surface area contributed by atoms with E-state index in [-0.39, 0.29) is 12.0 Å². The van der Waals surface area contributed by atoms with E-state index in [9.17, 15) is 17.7 Å². The van der Waals surface area contributed by atoms with Gasteiger partial charge in [0.25, 0.3) is 0 Å². The molecule has 0 aliphatic carbocycles. The molecule has 3 aromatic carbocycles. The molecule has 4 atom stereocenters. The maximum Gasteiger partial charge on any atom is 0.404 e. The number of nitrogens with one attached hydrogen (secondary N) is 1. The summed E-state index contributed by atoms with van der Waals surface area (Å²) in [6.45, 7) is 0. The zero-order chi connectivity index (χ0) is 22.1. The van der Waals surface area contributed by atoms with Gasteiger partial charge in [-0.2, -0.15) is 13.2 Å². The highest BCUT2D eigenvalue weighted by molar-refractivity contribution is 7.92. The van der Waals surface area contributed by atoms with Crippen molar-refractivity contribution in [3.63, 3.8) is 0 Å². The molecular weight excluding hydrogens is 443 g/mol. The van der Waals surface area contributed by atoms with Crippen LogP contribution in [0.25, 0.3) is 0 Å². The predicted molar refractivity (Wildman–Crippen MR) is 118 cm³/mol. The van der Waals surface area contributed by atoms with E-state index in [1.54, 1.807) is 30.3 Å². The van der Waals surface area contributed by atoms with Crippen molar-refractivity contribution in [2.75, 3.05) is 0 Å². The number of hydrogen-bond acceptors (Lipinski definition) is 2. The Kier molecular flexibility index (Phi) is 6.35. The van der Waals surface area contributed by atoms with E-state index < -0.39 is 34.2 Å². The minimum atomic E-state index is -4.62. The molecule has 1 aliphatic rings. The Labute approximate surface area is 187 Å². The number of rotatable bonds is 5. The minimum absolute atomic E-state index is 0.0711. The molecular formula is C24H21ClF3NOS. The van der Waals surface area contributed by atoms with E-state index in [0.717, 1.165) is 5.56 Å². The van der Waals surface area contributed by atoms with Crippen molar-refractivity contribution in [2.24, 2.45) is 0 Å². The monoisotopic (exact) mass is 463 g/mol. The molecule has 0 amide bonds. The number of hydrogen-bond donors (Lipinski definition) is 1. The number of halogens is 4. The van der Waals surface area contributed by atoms with Crippen LogP contribution in [0, 0.1) is 0 Å². The Hall–Kier alpha value is -1.99. The SMILES string of the molecule is [O-][S+](c1ccccc1)C1NC(Cc2ccccc2)CC1(c1ccc(Cl)cc1)C(F)(F)F. The molecule has 1 N–H and O–H groups in total. The van der Waals surface area contributed by atoms with Crippen LogP contribution in [0.5, 0.6) is 0 Å². The largest absolute Gasteiger partial charge is 0.610 e. The van der Waals surface area contributed by atoms with Crippen LogP contribution in [0.2, 0.25) is 5.02 Å². The first kappa shape index (κ1) is 22.2. The third-order valence-corrected chi connectivity index (χ3v) is 7.74. The van der Waals surface area contributed by atoms with Crippen molar-refractivity contribution in [3.05, 3.63) is 101 Å². The zero-order valence-electron chi connectivity index (χ0n) is 16.5. The number of alkyl halides is 3. The minimum Gasteiger partial charge on any atom is -0.610 e. The third kappa shape index (κ3) is 4.35. The molecule has 2 nitrogen and oxygen atoms in total. The lowest BCUT2D eigenvalue weighted by molar-refractivity contribution is -0.188. The standard InChI is InChI=1S/C24H21ClF3NOS/c25-19-13-11-18(12-14-19)23(24(26,27)28)16-20(15-17-7-3-1-4-8-17)29-22(23)31(30)21-9-5-2-6-10-21/h1-14,20,22,29H,15-16H2. The molecule has 1 fully saturated rings. The summed E-state index contributed by atoms with van der Waals surface area (Å²) in [5.74, 6) is 0. The predicted octanol–water partition coefficient (Wildman–Crippen LogP) is 5.88. The average Bonchev–Trinajstić information content (AvgIpc) is 3.15. The summed E-state index contributed by atoms with van der Waals surface area (Å²) >= 11 is 4.03. The van der Waals surface area contributed by atoms with Gasteiger partial charge in [0.15, 0.2) is 15.7 Å².